The zero-order valence-electron chi connectivity index (χ0n) is 8.22. The molecule has 1 heterocycles. The summed E-state index contributed by atoms with van der Waals surface area (Å²) in [5, 5.41) is 22.0. The number of aliphatic hydroxyl groups is 1. The zero-order valence-corrected chi connectivity index (χ0v) is 8.22. The Hall–Kier alpha value is -1.69. The van der Waals surface area contributed by atoms with E-state index in [9.17, 15) is 10.1 Å². The van der Waals surface area contributed by atoms with Crippen LogP contribution in [0.2, 0.25) is 0 Å². The molecule has 2 N–H and O–H groups in total. The van der Waals surface area contributed by atoms with Crippen LogP contribution in [0.15, 0.2) is 18.3 Å². The number of rotatable bonds is 6. The van der Waals surface area contributed by atoms with Gasteiger partial charge in [0, 0.05) is 13.2 Å². The first-order valence-corrected chi connectivity index (χ1v) is 4.70. The number of anilines is 1. The minimum atomic E-state index is -0.519. The van der Waals surface area contributed by atoms with Gasteiger partial charge in [0.25, 0.3) is 0 Å². The van der Waals surface area contributed by atoms with Gasteiger partial charge in [-0.1, -0.05) is 0 Å². The molecule has 0 aromatic carbocycles. The maximum absolute atomic E-state index is 10.6. The lowest BCUT2D eigenvalue weighted by molar-refractivity contribution is -0.388. The third-order valence-electron chi connectivity index (χ3n) is 1.86. The van der Waals surface area contributed by atoms with Crippen LogP contribution in [0.4, 0.5) is 11.5 Å². The molecule has 0 aliphatic heterocycles. The van der Waals surface area contributed by atoms with Gasteiger partial charge in [-0.15, -0.1) is 0 Å². The van der Waals surface area contributed by atoms with Crippen LogP contribution in [-0.2, 0) is 0 Å². The highest BCUT2D eigenvalue weighted by molar-refractivity contribution is 5.56. The summed E-state index contributed by atoms with van der Waals surface area (Å²) in [5.74, 6) is -0.165. The topological polar surface area (TPSA) is 88.3 Å². The molecule has 0 spiro atoms. The fraction of sp³-hybridized carbons (Fsp3) is 0.444. The minimum absolute atomic E-state index is 0.136. The first-order valence-electron chi connectivity index (χ1n) is 4.70. The largest absolute Gasteiger partial charge is 0.396 e. The second-order valence-electron chi connectivity index (χ2n) is 2.99. The molecule has 1 rings (SSSR count). The molecule has 82 valence electrons. The van der Waals surface area contributed by atoms with Crippen molar-refractivity contribution in [3.8, 4) is 0 Å². The van der Waals surface area contributed by atoms with E-state index in [1.165, 1.54) is 6.20 Å². The zero-order chi connectivity index (χ0) is 11.1. The van der Waals surface area contributed by atoms with Crippen molar-refractivity contribution in [1.29, 1.82) is 0 Å². The van der Waals surface area contributed by atoms with Crippen LogP contribution in [0.3, 0.4) is 0 Å². The van der Waals surface area contributed by atoms with Crippen molar-refractivity contribution >= 4 is 11.5 Å². The van der Waals surface area contributed by atoms with Crippen LogP contribution in [0.1, 0.15) is 12.8 Å². The Bertz CT molecular complexity index is 330. The number of aliphatic hydroxyl groups excluding tert-OH is 1. The number of nitro groups is 1. The Morgan fingerprint density at radius 3 is 3.00 bits per heavy atom. The highest BCUT2D eigenvalue weighted by atomic mass is 16.6. The van der Waals surface area contributed by atoms with Gasteiger partial charge in [-0.25, -0.2) is 0 Å². The van der Waals surface area contributed by atoms with E-state index < -0.39 is 4.92 Å². The van der Waals surface area contributed by atoms with Gasteiger partial charge < -0.3 is 20.5 Å². The summed E-state index contributed by atoms with van der Waals surface area (Å²) >= 11 is 0. The van der Waals surface area contributed by atoms with Gasteiger partial charge in [0.2, 0.25) is 0 Å². The van der Waals surface area contributed by atoms with E-state index in [1.807, 2.05) is 0 Å². The van der Waals surface area contributed by atoms with E-state index in [0.717, 1.165) is 6.42 Å². The molecular weight excluding hydrogens is 198 g/mol. The maximum atomic E-state index is 10.6. The number of unbranched alkanes of at least 4 members (excludes halogenated alkanes) is 1. The van der Waals surface area contributed by atoms with Crippen LogP contribution in [-0.4, -0.2) is 28.2 Å². The quantitative estimate of drug-likeness (QED) is 0.419. The molecule has 0 unspecified atom stereocenters. The lowest BCUT2D eigenvalue weighted by atomic mass is 10.3. The van der Waals surface area contributed by atoms with E-state index in [0.29, 0.717) is 18.7 Å². The Morgan fingerprint density at radius 2 is 2.33 bits per heavy atom. The minimum Gasteiger partial charge on any atom is -0.396 e. The monoisotopic (exact) mass is 211 g/mol. The molecule has 0 aliphatic carbocycles. The standard InChI is InChI=1S/C9H13N3O3/c13-7-2-1-5-10-8-4-3-6-11-9(8)12(14)15/h3-4,6,10,13H,1-2,5,7H2. The lowest BCUT2D eigenvalue weighted by Gasteiger charge is -2.05. The lowest BCUT2D eigenvalue weighted by Crippen LogP contribution is -2.05. The number of pyridine rings is 1. The Labute approximate surface area is 87.1 Å². The molecule has 6 heteroatoms. The predicted octanol–water partition coefficient (Wildman–Crippen LogP) is 1.17. The normalized spacial score (nSPS) is 9.93. The van der Waals surface area contributed by atoms with Crippen LogP contribution < -0.4 is 5.32 Å². The van der Waals surface area contributed by atoms with Gasteiger partial charge in [-0.05, 0) is 34.9 Å². The number of nitrogens with one attached hydrogen (secondary N) is 1. The first kappa shape index (κ1) is 11.4. The van der Waals surface area contributed by atoms with E-state index >= 15 is 0 Å². The molecule has 0 amide bonds. The number of hydrogen-bond donors (Lipinski definition) is 2. The van der Waals surface area contributed by atoms with Gasteiger partial charge in [0.15, 0.2) is 0 Å². The summed E-state index contributed by atoms with van der Waals surface area (Å²) in [6, 6.07) is 3.26. The van der Waals surface area contributed by atoms with Crippen LogP contribution >= 0.6 is 0 Å². The van der Waals surface area contributed by atoms with Crippen LogP contribution in [0, 0.1) is 10.1 Å². The van der Waals surface area contributed by atoms with Crippen LogP contribution in [0.5, 0.6) is 0 Å². The highest BCUT2D eigenvalue weighted by Gasteiger charge is 2.12. The third-order valence-corrected chi connectivity index (χ3v) is 1.86. The molecule has 0 saturated carbocycles. The summed E-state index contributed by atoms with van der Waals surface area (Å²) < 4.78 is 0. The molecule has 0 radical (unpaired) electrons. The number of nitrogens with zero attached hydrogens (tertiary/aromatic N) is 2. The van der Waals surface area contributed by atoms with Crippen molar-refractivity contribution in [2.24, 2.45) is 0 Å². The fourth-order valence-electron chi connectivity index (χ4n) is 1.14. The fourth-order valence-corrected chi connectivity index (χ4v) is 1.14. The molecule has 0 fully saturated rings. The molecule has 0 saturated heterocycles. The third kappa shape index (κ3) is 3.51. The van der Waals surface area contributed by atoms with Crippen LogP contribution in [0.25, 0.3) is 0 Å². The number of hydrogen-bond acceptors (Lipinski definition) is 5. The second-order valence-corrected chi connectivity index (χ2v) is 2.99. The Kier molecular flexibility index (Phi) is 4.49. The van der Waals surface area contributed by atoms with Crippen molar-refractivity contribution < 1.29 is 10.0 Å². The molecular formula is C9H13N3O3. The molecule has 6 nitrogen and oxygen atoms in total. The van der Waals surface area contributed by atoms with Gasteiger partial charge in [0.05, 0.1) is 0 Å². The van der Waals surface area contributed by atoms with Gasteiger partial charge in [-0.2, -0.15) is 0 Å². The van der Waals surface area contributed by atoms with Crippen molar-refractivity contribution in [3.05, 3.63) is 28.4 Å². The van der Waals surface area contributed by atoms with E-state index in [2.05, 4.69) is 10.3 Å². The van der Waals surface area contributed by atoms with Gasteiger partial charge in [-0.3, -0.25) is 0 Å². The molecule has 0 bridgehead atoms. The van der Waals surface area contributed by atoms with Crippen molar-refractivity contribution in [2.45, 2.75) is 12.8 Å². The van der Waals surface area contributed by atoms with Gasteiger partial charge in [0.1, 0.15) is 11.9 Å². The van der Waals surface area contributed by atoms with E-state index in [-0.39, 0.29) is 12.4 Å². The highest BCUT2D eigenvalue weighted by Crippen LogP contribution is 2.19. The smallest absolute Gasteiger partial charge is 0.386 e. The average molecular weight is 211 g/mol. The number of aromatic nitrogens is 1. The maximum Gasteiger partial charge on any atom is 0.386 e. The Balaban J connectivity index is 2.56. The summed E-state index contributed by atoms with van der Waals surface area (Å²) in [7, 11) is 0. The summed E-state index contributed by atoms with van der Waals surface area (Å²) in [6.45, 7) is 0.726. The second kappa shape index (κ2) is 5.92. The SMILES string of the molecule is O=[N+]([O-])c1ncccc1NCCCCO. The summed E-state index contributed by atoms with van der Waals surface area (Å²) in [5.41, 5.74) is 0.417. The molecule has 0 atom stereocenters. The van der Waals surface area contributed by atoms with E-state index in [1.54, 1.807) is 12.1 Å². The van der Waals surface area contributed by atoms with Crippen molar-refractivity contribution in [1.82, 2.24) is 4.98 Å². The van der Waals surface area contributed by atoms with Crippen molar-refractivity contribution in [3.63, 3.8) is 0 Å². The molecule has 15 heavy (non-hydrogen) atoms. The summed E-state index contributed by atoms with van der Waals surface area (Å²) in [6.07, 6.45) is 2.83. The summed E-state index contributed by atoms with van der Waals surface area (Å²) in [4.78, 5) is 13.7. The molecule has 1 aromatic heterocycles. The van der Waals surface area contributed by atoms with Gasteiger partial charge >= 0.3 is 5.82 Å². The van der Waals surface area contributed by atoms with Crippen molar-refractivity contribution in [2.75, 3.05) is 18.5 Å². The molecule has 1 aromatic rings. The van der Waals surface area contributed by atoms with E-state index in [4.69, 9.17) is 5.11 Å². The molecule has 0 aliphatic rings. The predicted molar refractivity (Wildman–Crippen MR) is 55.7 cm³/mol. The average Bonchev–Trinajstić information content (AvgIpc) is 2.25. The first-order chi connectivity index (χ1) is 7.25. The Morgan fingerprint density at radius 1 is 1.53 bits per heavy atom.